The summed E-state index contributed by atoms with van der Waals surface area (Å²) in [5, 5.41) is 9.15. The number of hydrogen-bond donors (Lipinski definition) is 0. The Kier molecular flexibility index (Phi) is 6.32. The zero-order chi connectivity index (χ0) is 19.3. The van der Waals surface area contributed by atoms with Crippen LogP contribution in [0.3, 0.4) is 0 Å². The molecule has 26 heavy (non-hydrogen) atoms. The fourth-order valence-corrected chi connectivity index (χ4v) is 3.32. The summed E-state index contributed by atoms with van der Waals surface area (Å²) in [6.45, 7) is 0. The minimum atomic E-state index is -4.51. The highest BCUT2D eigenvalue weighted by molar-refractivity contribution is 8.14. The lowest BCUT2D eigenvalue weighted by Gasteiger charge is -2.18. The molecule has 0 spiro atoms. The minimum Gasteiger partial charge on any atom is -0.504 e. The number of likely N-dealkylation sites (N-methyl/N-ethyl adjacent to an activating group) is 1. The minimum absolute atomic E-state index is 0.0202. The van der Waals surface area contributed by atoms with Gasteiger partial charge >= 0.3 is 6.18 Å². The number of nitrogens with zero attached hydrogens (tertiary/aromatic N) is 3. The quantitative estimate of drug-likeness (QED) is 0.589. The van der Waals surface area contributed by atoms with Crippen molar-refractivity contribution in [2.45, 2.75) is 18.6 Å². The molecular weight excluding hydrogens is 367 g/mol. The van der Waals surface area contributed by atoms with Gasteiger partial charge in [0, 0.05) is 12.8 Å². The average Bonchev–Trinajstić information content (AvgIpc) is 3.07. The van der Waals surface area contributed by atoms with Crippen molar-refractivity contribution >= 4 is 28.4 Å². The standard InChI is InChI=1S/C17H16F3N3O2S/c1-23(16-22-13(6-7-21)10-26-16)15(24)14(9-25-2)11-4-3-5-12(8-11)17(18,19)20/h3-5,8-9,13H,6,10H2,1-2H3/b14-9+. The van der Waals surface area contributed by atoms with Crippen LogP contribution in [0.15, 0.2) is 35.5 Å². The Morgan fingerprint density at radius 2 is 2.27 bits per heavy atom. The van der Waals surface area contributed by atoms with Gasteiger partial charge in [0.15, 0.2) is 5.17 Å². The van der Waals surface area contributed by atoms with Crippen LogP contribution in [0.2, 0.25) is 0 Å². The molecular formula is C17H16F3N3O2S. The van der Waals surface area contributed by atoms with Crippen LogP contribution in [0, 0.1) is 11.3 Å². The maximum Gasteiger partial charge on any atom is 0.416 e. The molecule has 0 saturated heterocycles. The first-order valence-electron chi connectivity index (χ1n) is 7.54. The van der Waals surface area contributed by atoms with Crippen molar-refractivity contribution in [2.24, 2.45) is 4.99 Å². The van der Waals surface area contributed by atoms with Crippen molar-refractivity contribution in [3.8, 4) is 6.07 Å². The van der Waals surface area contributed by atoms with E-state index in [0.717, 1.165) is 18.4 Å². The zero-order valence-electron chi connectivity index (χ0n) is 14.1. The number of rotatable bonds is 4. The predicted molar refractivity (Wildman–Crippen MR) is 93.1 cm³/mol. The Labute approximate surface area is 153 Å². The summed E-state index contributed by atoms with van der Waals surface area (Å²) in [6.07, 6.45) is -3.16. The molecule has 1 heterocycles. The van der Waals surface area contributed by atoms with E-state index < -0.39 is 17.6 Å². The molecule has 0 aliphatic carbocycles. The van der Waals surface area contributed by atoms with Crippen molar-refractivity contribution in [1.29, 1.82) is 5.26 Å². The predicted octanol–water partition coefficient (Wildman–Crippen LogP) is 3.54. The number of aliphatic imine (C=N–C) groups is 1. The number of ether oxygens (including phenoxy) is 1. The van der Waals surface area contributed by atoms with Crippen LogP contribution in [-0.2, 0) is 15.7 Å². The van der Waals surface area contributed by atoms with Gasteiger partial charge in [0.2, 0.25) is 0 Å². The lowest BCUT2D eigenvalue weighted by molar-refractivity contribution is -0.137. The summed E-state index contributed by atoms with van der Waals surface area (Å²) in [5.74, 6) is 0.0305. The van der Waals surface area contributed by atoms with Crippen LogP contribution >= 0.6 is 11.8 Å². The lowest BCUT2D eigenvalue weighted by Crippen LogP contribution is -2.31. The molecule has 1 atom stereocenters. The van der Waals surface area contributed by atoms with Crippen molar-refractivity contribution in [3.05, 3.63) is 41.7 Å². The monoisotopic (exact) mass is 383 g/mol. The fourth-order valence-electron chi connectivity index (χ4n) is 2.29. The van der Waals surface area contributed by atoms with Crippen LogP contribution in [0.4, 0.5) is 13.2 Å². The topological polar surface area (TPSA) is 65.7 Å². The van der Waals surface area contributed by atoms with Crippen molar-refractivity contribution < 1.29 is 22.7 Å². The average molecular weight is 383 g/mol. The van der Waals surface area contributed by atoms with Gasteiger partial charge in [-0.15, -0.1) is 0 Å². The SMILES string of the molecule is CO/C=C(/C(=O)N(C)C1=NC(CC#N)CS1)c1cccc(C(F)(F)F)c1. The summed E-state index contributed by atoms with van der Waals surface area (Å²) >= 11 is 1.32. The normalized spacial score (nSPS) is 17.5. The molecule has 2 rings (SSSR count). The van der Waals surface area contributed by atoms with Crippen LogP contribution in [0.25, 0.3) is 5.57 Å². The van der Waals surface area contributed by atoms with E-state index in [1.165, 1.54) is 43.0 Å². The Morgan fingerprint density at radius 1 is 1.54 bits per heavy atom. The number of benzene rings is 1. The smallest absolute Gasteiger partial charge is 0.416 e. The largest absolute Gasteiger partial charge is 0.504 e. The van der Waals surface area contributed by atoms with E-state index in [2.05, 4.69) is 4.99 Å². The van der Waals surface area contributed by atoms with Gasteiger partial charge in [-0.1, -0.05) is 23.9 Å². The number of amides is 1. The number of alkyl halides is 3. The highest BCUT2D eigenvalue weighted by atomic mass is 32.2. The molecule has 1 aliphatic rings. The maximum atomic E-state index is 12.9. The van der Waals surface area contributed by atoms with E-state index in [1.807, 2.05) is 6.07 Å². The number of carbonyl (C=O) groups excluding carboxylic acids is 1. The number of nitriles is 1. The third kappa shape index (κ3) is 4.58. The van der Waals surface area contributed by atoms with E-state index in [-0.39, 0.29) is 23.6 Å². The van der Waals surface area contributed by atoms with Crippen molar-refractivity contribution in [1.82, 2.24) is 4.90 Å². The van der Waals surface area contributed by atoms with Crippen molar-refractivity contribution in [3.63, 3.8) is 0 Å². The summed E-state index contributed by atoms with van der Waals surface area (Å²) < 4.78 is 43.7. The van der Waals surface area contributed by atoms with Crippen molar-refractivity contribution in [2.75, 3.05) is 19.9 Å². The Hall–Kier alpha value is -2.47. The molecule has 0 saturated carbocycles. The molecule has 0 fully saturated rings. The first-order valence-corrected chi connectivity index (χ1v) is 8.52. The molecule has 1 unspecified atom stereocenters. The molecule has 0 aromatic heterocycles. The van der Waals surface area contributed by atoms with E-state index in [4.69, 9.17) is 10.00 Å². The maximum absolute atomic E-state index is 12.9. The zero-order valence-corrected chi connectivity index (χ0v) is 14.9. The van der Waals surface area contributed by atoms with E-state index in [9.17, 15) is 18.0 Å². The van der Waals surface area contributed by atoms with E-state index >= 15 is 0 Å². The molecule has 1 aliphatic heterocycles. The van der Waals surface area contributed by atoms with E-state index in [1.54, 1.807) is 0 Å². The Balaban J connectivity index is 2.31. The molecule has 1 aromatic carbocycles. The molecule has 1 aromatic rings. The van der Waals surface area contributed by atoms with Crippen LogP contribution in [0.1, 0.15) is 17.5 Å². The summed E-state index contributed by atoms with van der Waals surface area (Å²) in [5.41, 5.74) is -0.780. The van der Waals surface area contributed by atoms with Crippen LogP contribution < -0.4 is 0 Å². The summed E-state index contributed by atoms with van der Waals surface area (Å²) in [4.78, 5) is 18.3. The van der Waals surface area contributed by atoms with Gasteiger partial charge in [0.05, 0.1) is 43.0 Å². The fraction of sp³-hybridized carbons (Fsp3) is 0.353. The molecule has 0 N–H and O–H groups in total. The first-order chi connectivity index (χ1) is 12.3. The second-order valence-electron chi connectivity index (χ2n) is 5.45. The third-order valence-corrected chi connectivity index (χ3v) is 4.77. The van der Waals surface area contributed by atoms with Crippen LogP contribution in [-0.4, -0.2) is 41.9 Å². The van der Waals surface area contributed by atoms with Gasteiger partial charge in [-0.3, -0.25) is 14.7 Å². The van der Waals surface area contributed by atoms with Gasteiger partial charge in [-0.25, -0.2) is 0 Å². The van der Waals surface area contributed by atoms with E-state index in [0.29, 0.717) is 10.9 Å². The Morgan fingerprint density at radius 3 is 2.88 bits per heavy atom. The second kappa shape index (κ2) is 8.27. The number of hydrogen-bond acceptors (Lipinski definition) is 5. The highest BCUT2D eigenvalue weighted by Crippen LogP contribution is 2.32. The lowest BCUT2D eigenvalue weighted by atomic mass is 10.0. The number of thioether (sulfide) groups is 1. The summed E-state index contributed by atoms with van der Waals surface area (Å²) in [6, 6.07) is 6.31. The molecule has 5 nitrogen and oxygen atoms in total. The van der Waals surface area contributed by atoms with Gasteiger partial charge < -0.3 is 4.74 Å². The number of carbonyl (C=O) groups is 1. The van der Waals surface area contributed by atoms with Gasteiger partial charge in [0.25, 0.3) is 5.91 Å². The van der Waals surface area contributed by atoms with Gasteiger partial charge in [0.1, 0.15) is 0 Å². The molecule has 9 heteroatoms. The number of halogens is 3. The van der Waals surface area contributed by atoms with Gasteiger partial charge in [-0.2, -0.15) is 18.4 Å². The Bertz CT molecular complexity index is 784. The summed E-state index contributed by atoms with van der Waals surface area (Å²) in [7, 11) is 2.80. The number of amidine groups is 1. The molecule has 0 bridgehead atoms. The number of methoxy groups -OCH3 is 1. The third-order valence-electron chi connectivity index (χ3n) is 3.58. The van der Waals surface area contributed by atoms with Crippen LogP contribution in [0.5, 0.6) is 0 Å². The highest BCUT2D eigenvalue weighted by Gasteiger charge is 2.32. The second-order valence-corrected chi connectivity index (χ2v) is 6.44. The molecule has 0 radical (unpaired) electrons. The van der Waals surface area contributed by atoms with Gasteiger partial charge in [-0.05, 0) is 17.7 Å². The molecule has 1 amide bonds. The molecule has 138 valence electrons. The first kappa shape index (κ1) is 19.8.